The van der Waals surface area contributed by atoms with E-state index in [-0.39, 0.29) is 6.10 Å². The lowest BCUT2D eigenvalue weighted by molar-refractivity contribution is -0.163. The smallest absolute Gasteiger partial charge is 0.249 e. The van der Waals surface area contributed by atoms with Crippen LogP contribution in [0.5, 0.6) is 0 Å². The summed E-state index contributed by atoms with van der Waals surface area (Å²) in [7, 11) is 1.55. The molecular formula is C6H11NO3. The van der Waals surface area contributed by atoms with E-state index in [0.717, 1.165) is 0 Å². The number of rotatable bonds is 2. The van der Waals surface area contributed by atoms with Gasteiger partial charge in [-0.05, 0) is 0 Å². The molecule has 58 valence electrons. The second-order valence-corrected chi connectivity index (χ2v) is 2.66. The molecule has 0 aromatic heterocycles. The van der Waals surface area contributed by atoms with E-state index in [1.165, 1.54) is 0 Å². The maximum absolute atomic E-state index is 10.5. The third kappa shape index (κ3) is 0.998. The van der Waals surface area contributed by atoms with E-state index < -0.39 is 11.5 Å². The molecule has 0 bridgehead atoms. The number of hydrogen-bond donors (Lipinski definition) is 2. The Balaban J connectivity index is 2.42. The van der Waals surface area contributed by atoms with Gasteiger partial charge in [0.2, 0.25) is 5.91 Å². The molecule has 1 rings (SSSR count). The molecule has 1 fully saturated rings. The number of primary amides is 1. The first-order chi connectivity index (χ1) is 4.58. The molecule has 1 amide bonds. The van der Waals surface area contributed by atoms with E-state index in [2.05, 4.69) is 0 Å². The lowest BCUT2D eigenvalue weighted by Crippen LogP contribution is -2.56. The SMILES string of the molecule is COC1CC(O)(C(N)=O)C1. The molecule has 0 heterocycles. The van der Waals surface area contributed by atoms with Crippen molar-refractivity contribution in [2.24, 2.45) is 5.73 Å². The Morgan fingerprint density at radius 2 is 2.30 bits per heavy atom. The third-order valence-corrected chi connectivity index (χ3v) is 1.92. The topological polar surface area (TPSA) is 72.6 Å². The van der Waals surface area contributed by atoms with Crippen LogP contribution >= 0.6 is 0 Å². The van der Waals surface area contributed by atoms with Crippen molar-refractivity contribution in [3.8, 4) is 0 Å². The normalized spacial score (nSPS) is 38.8. The molecule has 0 radical (unpaired) electrons. The quantitative estimate of drug-likeness (QED) is 0.524. The second kappa shape index (κ2) is 2.21. The van der Waals surface area contributed by atoms with Crippen molar-refractivity contribution in [2.45, 2.75) is 24.5 Å². The molecule has 1 saturated carbocycles. The molecule has 10 heavy (non-hydrogen) atoms. The molecule has 0 unspecified atom stereocenters. The van der Waals surface area contributed by atoms with Crippen LogP contribution in [0.15, 0.2) is 0 Å². The number of amides is 1. The summed E-state index contributed by atoms with van der Waals surface area (Å²) >= 11 is 0. The van der Waals surface area contributed by atoms with Crippen molar-refractivity contribution in [1.29, 1.82) is 0 Å². The molecule has 4 heteroatoms. The number of aliphatic hydroxyl groups is 1. The summed E-state index contributed by atoms with van der Waals surface area (Å²) in [6.45, 7) is 0. The highest BCUT2D eigenvalue weighted by molar-refractivity contribution is 5.84. The molecule has 0 saturated heterocycles. The highest BCUT2D eigenvalue weighted by Gasteiger charge is 2.47. The maximum atomic E-state index is 10.5. The molecule has 1 aliphatic carbocycles. The molecule has 0 aromatic carbocycles. The van der Waals surface area contributed by atoms with E-state index >= 15 is 0 Å². The average molecular weight is 145 g/mol. The van der Waals surface area contributed by atoms with Crippen LogP contribution < -0.4 is 5.73 Å². The largest absolute Gasteiger partial charge is 0.381 e. The van der Waals surface area contributed by atoms with Gasteiger partial charge >= 0.3 is 0 Å². The lowest BCUT2D eigenvalue weighted by atomic mass is 9.77. The van der Waals surface area contributed by atoms with Crippen LogP contribution in [-0.4, -0.2) is 29.8 Å². The van der Waals surface area contributed by atoms with Gasteiger partial charge in [-0.15, -0.1) is 0 Å². The van der Waals surface area contributed by atoms with Crippen LogP contribution in [0.1, 0.15) is 12.8 Å². The summed E-state index contributed by atoms with van der Waals surface area (Å²) in [6.07, 6.45) is 0.662. The van der Waals surface area contributed by atoms with E-state index in [1.807, 2.05) is 0 Å². The predicted octanol–water partition coefficient (Wildman–Crippen LogP) is -0.988. The zero-order valence-electron chi connectivity index (χ0n) is 5.83. The van der Waals surface area contributed by atoms with Crippen LogP contribution in [-0.2, 0) is 9.53 Å². The number of nitrogens with two attached hydrogens (primary N) is 1. The predicted molar refractivity (Wildman–Crippen MR) is 34.2 cm³/mol. The van der Waals surface area contributed by atoms with Crippen LogP contribution in [0.2, 0.25) is 0 Å². The number of carbonyl (C=O) groups is 1. The fourth-order valence-electron chi connectivity index (χ4n) is 1.06. The van der Waals surface area contributed by atoms with Gasteiger partial charge < -0.3 is 15.6 Å². The Labute approximate surface area is 59.0 Å². The number of hydrogen-bond acceptors (Lipinski definition) is 3. The van der Waals surface area contributed by atoms with Gasteiger partial charge in [0.25, 0.3) is 0 Å². The van der Waals surface area contributed by atoms with Gasteiger partial charge in [0.1, 0.15) is 5.60 Å². The molecule has 0 spiro atoms. The van der Waals surface area contributed by atoms with Crippen molar-refractivity contribution in [3.05, 3.63) is 0 Å². The summed E-state index contributed by atoms with van der Waals surface area (Å²) < 4.78 is 4.86. The minimum atomic E-state index is -1.29. The lowest BCUT2D eigenvalue weighted by Gasteiger charge is -2.39. The van der Waals surface area contributed by atoms with Gasteiger partial charge in [0, 0.05) is 20.0 Å². The molecule has 0 aliphatic heterocycles. The minimum absolute atomic E-state index is 0.00231. The van der Waals surface area contributed by atoms with Crippen molar-refractivity contribution < 1.29 is 14.6 Å². The Bertz CT molecular complexity index is 151. The Hall–Kier alpha value is -0.610. The average Bonchev–Trinajstić information content (AvgIpc) is 1.80. The maximum Gasteiger partial charge on any atom is 0.249 e. The van der Waals surface area contributed by atoms with Crippen LogP contribution in [0, 0.1) is 0 Å². The number of ether oxygens (including phenoxy) is 1. The molecule has 3 N–H and O–H groups in total. The fraction of sp³-hybridized carbons (Fsp3) is 0.833. The standard InChI is InChI=1S/C6H11NO3/c1-10-4-2-6(9,3-4)5(7)8/h4,9H,2-3H2,1H3,(H2,7,8). The van der Waals surface area contributed by atoms with Crippen LogP contribution in [0.3, 0.4) is 0 Å². The Morgan fingerprint density at radius 1 is 1.80 bits per heavy atom. The Morgan fingerprint density at radius 3 is 2.60 bits per heavy atom. The van der Waals surface area contributed by atoms with Gasteiger partial charge in [-0.1, -0.05) is 0 Å². The van der Waals surface area contributed by atoms with Gasteiger partial charge in [0.05, 0.1) is 6.10 Å². The monoisotopic (exact) mass is 145 g/mol. The highest BCUT2D eigenvalue weighted by Crippen LogP contribution is 2.33. The van der Waals surface area contributed by atoms with Crippen molar-refractivity contribution in [3.63, 3.8) is 0 Å². The summed E-state index contributed by atoms with van der Waals surface area (Å²) in [5.74, 6) is -0.652. The van der Waals surface area contributed by atoms with Gasteiger partial charge in [-0.3, -0.25) is 4.79 Å². The van der Waals surface area contributed by atoms with Crippen LogP contribution in [0.4, 0.5) is 0 Å². The van der Waals surface area contributed by atoms with Crippen molar-refractivity contribution >= 4 is 5.91 Å². The second-order valence-electron chi connectivity index (χ2n) is 2.66. The first-order valence-corrected chi connectivity index (χ1v) is 3.13. The van der Waals surface area contributed by atoms with Crippen molar-refractivity contribution in [1.82, 2.24) is 0 Å². The first kappa shape index (κ1) is 7.50. The summed E-state index contributed by atoms with van der Waals surface area (Å²) in [5, 5.41) is 9.23. The fourth-order valence-corrected chi connectivity index (χ4v) is 1.06. The summed E-state index contributed by atoms with van der Waals surface area (Å²) in [5.41, 5.74) is 3.61. The number of carbonyl (C=O) groups excluding carboxylic acids is 1. The minimum Gasteiger partial charge on any atom is -0.381 e. The van der Waals surface area contributed by atoms with E-state index in [4.69, 9.17) is 10.5 Å². The van der Waals surface area contributed by atoms with Gasteiger partial charge in [-0.2, -0.15) is 0 Å². The van der Waals surface area contributed by atoms with Crippen LogP contribution in [0.25, 0.3) is 0 Å². The van der Waals surface area contributed by atoms with Crippen molar-refractivity contribution in [2.75, 3.05) is 7.11 Å². The molecule has 1 aliphatic rings. The highest BCUT2D eigenvalue weighted by atomic mass is 16.5. The molecule has 4 nitrogen and oxygen atoms in total. The van der Waals surface area contributed by atoms with E-state index in [9.17, 15) is 9.90 Å². The first-order valence-electron chi connectivity index (χ1n) is 3.13. The summed E-state index contributed by atoms with van der Waals surface area (Å²) in [4.78, 5) is 10.5. The van der Waals surface area contributed by atoms with Gasteiger partial charge in [0.15, 0.2) is 0 Å². The zero-order valence-corrected chi connectivity index (χ0v) is 5.83. The van der Waals surface area contributed by atoms with E-state index in [0.29, 0.717) is 12.8 Å². The Kier molecular flexibility index (Phi) is 1.66. The van der Waals surface area contributed by atoms with E-state index in [1.54, 1.807) is 7.11 Å². The third-order valence-electron chi connectivity index (χ3n) is 1.92. The van der Waals surface area contributed by atoms with Gasteiger partial charge in [-0.25, -0.2) is 0 Å². The zero-order chi connectivity index (χ0) is 7.78. The number of methoxy groups -OCH3 is 1. The summed E-state index contributed by atoms with van der Waals surface area (Å²) in [6, 6.07) is 0. The molecular weight excluding hydrogens is 134 g/mol. The molecule has 0 atom stereocenters. The molecule has 0 aromatic rings.